The molecule has 22 heavy (non-hydrogen) atoms. The molecule has 1 aliphatic heterocycles. The molecule has 1 aliphatic rings. The third-order valence-electron chi connectivity index (χ3n) is 4.39. The van der Waals surface area contributed by atoms with E-state index in [1.165, 1.54) is 4.90 Å². The SMILES string of the molecule is Nc1cccc2c(=O)n(CC3CCN(C(=O)O)CC3)ccc12. The molecule has 1 saturated heterocycles. The number of nitrogens with two attached hydrogens (primary N) is 1. The molecule has 0 spiro atoms. The predicted octanol–water partition coefficient (Wildman–Crippen LogP) is 1.97. The van der Waals surface area contributed by atoms with E-state index in [0.717, 1.165) is 18.2 Å². The van der Waals surface area contributed by atoms with E-state index in [-0.39, 0.29) is 5.56 Å². The van der Waals surface area contributed by atoms with Crippen LogP contribution in [0.3, 0.4) is 0 Å². The molecule has 2 aromatic rings. The van der Waals surface area contributed by atoms with Crippen LogP contribution in [0.15, 0.2) is 35.3 Å². The molecule has 3 rings (SSSR count). The fourth-order valence-corrected chi connectivity index (χ4v) is 3.07. The lowest BCUT2D eigenvalue weighted by Crippen LogP contribution is -2.39. The second kappa shape index (κ2) is 5.71. The molecule has 0 unspecified atom stereocenters. The molecule has 0 atom stereocenters. The van der Waals surface area contributed by atoms with Crippen LogP contribution in [-0.2, 0) is 6.54 Å². The number of pyridine rings is 1. The predicted molar refractivity (Wildman–Crippen MR) is 84.9 cm³/mol. The Hall–Kier alpha value is -2.50. The second-order valence-electron chi connectivity index (χ2n) is 5.79. The van der Waals surface area contributed by atoms with Gasteiger partial charge in [0, 0.05) is 42.3 Å². The maximum absolute atomic E-state index is 12.5. The van der Waals surface area contributed by atoms with Crippen molar-refractivity contribution in [3.63, 3.8) is 0 Å². The molecule has 1 amide bonds. The van der Waals surface area contributed by atoms with Crippen molar-refractivity contribution >= 4 is 22.6 Å². The molecule has 0 saturated carbocycles. The number of amides is 1. The number of anilines is 1. The van der Waals surface area contributed by atoms with E-state index < -0.39 is 6.09 Å². The zero-order chi connectivity index (χ0) is 15.7. The standard InChI is InChI=1S/C16H19N3O3/c17-14-3-1-2-13-12(14)6-9-19(15(13)20)10-11-4-7-18(8-5-11)16(21)22/h1-3,6,9,11H,4-5,7-8,10,17H2,(H,21,22). The van der Waals surface area contributed by atoms with Gasteiger partial charge in [0.05, 0.1) is 0 Å². The van der Waals surface area contributed by atoms with Gasteiger partial charge in [0.25, 0.3) is 5.56 Å². The molecule has 1 aromatic heterocycles. The minimum absolute atomic E-state index is 0.0366. The van der Waals surface area contributed by atoms with Gasteiger partial charge in [-0.3, -0.25) is 4.79 Å². The number of hydrogen-bond donors (Lipinski definition) is 2. The largest absolute Gasteiger partial charge is 0.465 e. The number of likely N-dealkylation sites (tertiary alicyclic amines) is 1. The van der Waals surface area contributed by atoms with Crippen LogP contribution < -0.4 is 11.3 Å². The molecule has 1 aromatic carbocycles. The summed E-state index contributed by atoms with van der Waals surface area (Å²) in [6, 6.07) is 7.23. The molecule has 116 valence electrons. The first kappa shape index (κ1) is 14.4. The Kier molecular flexibility index (Phi) is 3.75. The molecular formula is C16H19N3O3. The van der Waals surface area contributed by atoms with E-state index in [9.17, 15) is 9.59 Å². The Bertz CT molecular complexity index is 761. The van der Waals surface area contributed by atoms with Gasteiger partial charge in [0.15, 0.2) is 0 Å². The van der Waals surface area contributed by atoms with E-state index in [0.29, 0.717) is 36.6 Å². The summed E-state index contributed by atoms with van der Waals surface area (Å²) in [4.78, 5) is 24.9. The van der Waals surface area contributed by atoms with Crippen LogP contribution in [0.25, 0.3) is 10.8 Å². The molecule has 6 heteroatoms. The van der Waals surface area contributed by atoms with Gasteiger partial charge in [0.2, 0.25) is 0 Å². The molecule has 2 heterocycles. The van der Waals surface area contributed by atoms with E-state index in [1.807, 2.05) is 6.07 Å². The third kappa shape index (κ3) is 2.64. The molecule has 6 nitrogen and oxygen atoms in total. The number of nitrogens with zero attached hydrogens (tertiary/aromatic N) is 2. The summed E-state index contributed by atoms with van der Waals surface area (Å²) in [6.45, 7) is 1.70. The number of hydrogen-bond acceptors (Lipinski definition) is 3. The monoisotopic (exact) mass is 301 g/mol. The van der Waals surface area contributed by atoms with Crippen molar-refractivity contribution in [2.24, 2.45) is 5.92 Å². The highest BCUT2D eigenvalue weighted by Gasteiger charge is 2.22. The van der Waals surface area contributed by atoms with Crippen molar-refractivity contribution in [2.75, 3.05) is 18.8 Å². The Morgan fingerprint density at radius 3 is 2.64 bits per heavy atom. The molecule has 1 fully saturated rings. The first-order chi connectivity index (χ1) is 10.6. The highest BCUT2D eigenvalue weighted by atomic mass is 16.4. The fourth-order valence-electron chi connectivity index (χ4n) is 3.07. The van der Waals surface area contributed by atoms with Crippen LogP contribution >= 0.6 is 0 Å². The summed E-state index contributed by atoms with van der Waals surface area (Å²) >= 11 is 0. The number of piperidine rings is 1. The van der Waals surface area contributed by atoms with E-state index in [4.69, 9.17) is 10.8 Å². The first-order valence-corrected chi connectivity index (χ1v) is 7.42. The maximum Gasteiger partial charge on any atom is 0.407 e. The first-order valence-electron chi connectivity index (χ1n) is 7.42. The number of carboxylic acid groups (broad SMARTS) is 1. The van der Waals surface area contributed by atoms with Crippen LogP contribution in [0.4, 0.5) is 10.5 Å². The molecular weight excluding hydrogens is 282 g/mol. The molecule has 0 radical (unpaired) electrons. The normalized spacial score (nSPS) is 16.1. The summed E-state index contributed by atoms with van der Waals surface area (Å²) in [5.41, 5.74) is 6.47. The van der Waals surface area contributed by atoms with Crippen LogP contribution in [0, 0.1) is 5.92 Å². The van der Waals surface area contributed by atoms with Crippen LogP contribution in [0.1, 0.15) is 12.8 Å². The Morgan fingerprint density at radius 2 is 1.95 bits per heavy atom. The topological polar surface area (TPSA) is 88.6 Å². The number of carbonyl (C=O) groups is 1. The summed E-state index contributed by atoms with van der Waals surface area (Å²) in [5, 5.41) is 10.4. The van der Waals surface area contributed by atoms with Gasteiger partial charge in [-0.2, -0.15) is 0 Å². The third-order valence-corrected chi connectivity index (χ3v) is 4.39. The van der Waals surface area contributed by atoms with Gasteiger partial charge in [-0.15, -0.1) is 0 Å². The van der Waals surface area contributed by atoms with Crippen LogP contribution in [-0.4, -0.2) is 33.8 Å². The quantitative estimate of drug-likeness (QED) is 0.830. The van der Waals surface area contributed by atoms with Crippen molar-refractivity contribution < 1.29 is 9.90 Å². The van der Waals surface area contributed by atoms with Crippen molar-refractivity contribution in [3.05, 3.63) is 40.8 Å². The zero-order valence-electron chi connectivity index (χ0n) is 12.2. The van der Waals surface area contributed by atoms with Gasteiger partial charge in [0.1, 0.15) is 0 Å². The average molecular weight is 301 g/mol. The summed E-state index contributed by atoms with van der Waals surface area (Å²) in [7, 11) is 0. The lowest BCUT2D eigenvalue weighted by Gasteiger charge is -2.30. The average Bonchev–Trinajstić information content (AvgIpc) is 2.51. The Morgan fingerprint density at radius 1 is 1.23 bits per heavy atom. The van der Waals surface area contributed by atoms with Crippen molar-refractivity contribution in [3.8, 4) is 0 Å². The van der Waals surface area contributed by atoms with Gasteiger partial charge < -0.3 is 20.3 Å². The molecule has 0 bridgehead atoms. The van der Waals surface area contributed by atoms with Gasteiger partial charge in [-0.25, -0.2) is 4.79 Å². The minimum Gasteiger partial charge on any atom is -0.465 e. The van der Waals surface area contributed by atoms with Gasteiger partial charge >= 0.3 is 6.09 Å². The van der Waals surface area contributed by atoms with E-state index >= 15 is 0 Å². The van der Waals surface area contributed by atoms with E-state index in [1.54, 1.807) is 29.0 Å². The van der Waals surface area contributed by atoms with Crippen LogP contribution in [0.2, 0.25) is 0 Å². The number of benzene rings is 1. The van der Waals surface area contributed by atoms with Crippen molar-refractivity contribution in [1.29, 1.82) is 0 Å². The smallest absolute Gasteiger partial charge is 0.407 e. The minimum atomic E-state index is -0.864. The van der Waals surface area contributed by atoms with Gasteiger partial charge in [-0.05, 0) is 37.0 Å². The molecule has 0 aliphatic carbocycles. The highest BCUT2D eigenvalue weighted by molar-refractivity contribution is 5.91. The number of nitrogen functional groups attached to an aromatic ring is 1. The Balaban J connectivity index is 1.79. The fraction of sp³-hybridized carbons (Fsp3) is 0.375. The summed E-state index contributed by atoms with van der Waals surface area (Å²) < 4.78 is 1.71. The number of aromatic nitrogens is 1. The van der Waals surface area contributed by atoms with E-state index in [2.05, 4.69) is 0 Å². The van der Waals surface area contributed by atoms with Crippen LogP contribution in [0.5, 0.6) is 0 Å². The Labute approximate surface area is 127 Å². The number of fused-ring (bicyclic) bond motifs is 1. The van der Waals surface area contributed by atoms with Gasteiger partial charge in [-0.1, -0.05) is 6.07 Å². The zero-order valence-corrected chi connectivity index (χ0v) is 12.2. The highest BCUT2D eigenvalue weighted by Crippen LogP contribution is 2.20. The maximum atomic E-state index is 12.5. The molecule has 3 N–H and O–H groups in total. The lowest BCUT2D eigenvalue weighted by molar-refractivity contribution is 0.121. The van der Waals surface area contributed by atoms with Crippen molar-refractivity contribution in [2.45, 2.75) is 19.4 Å². The lowest BCUT2D eigenvalue weighted by atomic mass is 9.97. The summed E-state index contributed by atoms with van der Waals surface area (Å²) in [6.07, 6.45) is 2.49. The van der Waals surface area contributed by atoms with Crippen molar-refractivity contribution in [1.82, 2.24) is 9.47 Å². The number of rotatable bonds is 2. The summed E-state index contributed by atoms with van der Waals surface area (Å²) in [5.74, 6) is 0.326. The second-order valence-corrected chi connectivity index (χ2v) is 5.79.